The van der Waals surface area contributed by atoms with Gasteiger partial charge in [0.2, 0.25) is 17.6 Å². The van der Waals surface area contributed by atoms with Gasteiger partial charge < -0.3 is 30.0 Å². The number of aromatic amines is 1. The van der Waals surface area contributed by atoms with Crippen LogP contribution in [-0.4, -0.2) is 61.0 Å². The zero-order chi connectivity index (χ0) is 25.8. The fourth-order valence-electron chi connectivity index (χ4n) is 4.17. The Balaban J connectivity index is 1.38. The van der Waals surface area contributed by atoms with Gasteiger partial charge in [0, 0.05) is 30.3 Å². The molecule has 3 aromatic rings. The van der Waals surface area contributed by atoms with Crippen LogP contribution in [0.15, 0.2) is 76.5 Å². The molecular formula is C26H25N7O4. The monoisotopic (exact) mass is 499 g/mol. The van der Waals surface area contributed by atoms with Gasteiger partial charge in [0.25, 0.3) is 11.9 Å². The normalized spacial score (nSPS) is 17.1. The molecule has 1 saturated heterocycles. The Bertz CT molecular complexity index is 1430. The van der Waals surface area contributed by atoms with Crippen molar-refractivity contribution in [2.75, 3.05) is 36.5 Å². The molecule has 3 heterocycles. The van der Waals surface area contributed by atoms with Crippen LogP contribution in [0.25, 0.3) is 0 Å². The number of amides is 1. The highest BCUT2D eigenvalue weighted by molar-refractivity contribution is 6.19. The molecule has 0 bridgehead atoms. The van der Waals surface area contributed by atoms with E-state index in [1.165, 1.54) is 12.1 Å². The second-order valence-electron chi connectivity index (χ2n) is 8.37. The number of aromatic nitrogens is 1. The Kier molecular flexibility index (Phi) is 6.77. The van der Waals surface area contributed by atoms with Crippen molar-refractivity contribution in [2.24, 2.45) is 4.99 Å². The number of hydrogen-bond acceptors (Lipinski definition) is 8. The summed E-state index contributed by atoms with van der Waals surface area (Å²) in [6.45, 7) is 2.05. The minimum atomic E-state index is -1.18. The average molecular weight is 500 g/mol. The summed E-state index contributed by atoms with van der Waals surface area (Å²) in [4.78, 5) is 34.2. The van der Waals surface area contributed by atoms with Crippen LogP contribution >= 0.6 is 0 Å². The van der Waals surface area contributed by atoms with E-state index in [1.807, 2.05) is 53.4 Å². The van der Waals surface area contributed by atoms with Gasteiger partial charge >= 0.3 is 0 Å². The molecule has 2 aliphatic heterocycles. The molecule has 37 heavy (non-hydrogen) atoms. The predicted octanol–water partition coefficient (Wildman–Crippen LogP) is 1.89. The number of nitrogens with one attached hydrogen (secondary N) is 5. The van der Waals surface area contributed by atoms with Crippen LogP contribution in [0.3, 0.4) is 0 Å². The molecule has 2 aliphatic rings. The molecule has 188 valence electrons. The number of aliphatic imine (C=N–C) groups is 1. The zero-order valence-corrected chi connectivity index (χ0v) is 19.8. The molecule has 1 atom stereocenters. The van der Waals surface area contributed by atoms with Crippen molar-refractivity contribution in [3.63, 3.8) is 0 Å². The number of pyridine rings is 1. The van der Waals surface area contributed by atoms with Crippen LogP contribution in [0.4, 0.5) is 11.5 Å². The Labute approximate surface area is 212 Å². The number of rotatable bonds is 4. The van der Waals surface area contributed by atoms with Gasteiger partial charge in [-0.3, -0.25) is 20.4 Å². The van der Waals surface area contributed by atoms with E-state index in [-0.39, 0.29) is 11.5 Å². The number of benzodiazepines with no additional fused rings is 1. The van der Waals surface area contributed by atoms with E-state index in [1.54, 1.807) is 6.07 Å². The lowest BCUT2D eigenvalue weighted by Gasteiger charge is -2.29. The summed E-state index contributed by atoms with van der Waals surface area (Å²) in [6.07, 6.45) is -1.18. The summed E-state index contributed by atoms with van der Waals surface area (Å²) < 4.78 is 10.8. The van der Waals surface area contributed by atoms with Crippen LogP contribution in [-0.2, 0) is 14.3 Å². The third kappa shape index (κ3) is 5.26. The third-order valence-corrected chi connectivity index (χ3v) is 5.94. The first kappa shape index (κ1) is 23.9. The van der Waals surface area contributed by atoms with Crippen LogP contribution in [0.2, 0.25) is 0 Å². The molecule has 5 N–H and O–H groups in total. The lowest BCUT2D eigenvalue weighted by atomic mass is 10.0. The first-order chi connectivity index (χ1) is 18.0. The van der Waals surface area contributed by atoms with Crippen LogP contribution in [0.1, 0.15) is 16.7 Å². The molecule has 2 aromatic carbocycles. The largest absolute Gasteiger partial charge is 0.407 e. The van der Waals surface area contributed by atoms with Crippen molar-refractivity contribution in [3.05, 3.63) is 93.8 Å². The van der Waals surface area contributed by atoms with Crippen molar-refractivity contribution in [1.82, 2.24) is 10.3 Å². The predicted molar refractivity (Wildman–Crippen MR) is 140 cm³/mol. The van der Waals surface area contributed by atoms with E-state index in [0.29, 0.717) is 49.1 Å². The van der Waals surface area contributed by atoms with Crippen LogP contribution < -0.4 is 21.1 Å². The van der Waals surface area contributed by atoms with Crippen molar-refractivity contribution in [2.45, 2.75) is 6.17 Å². The molecule has 0 unspecified atom stereocenters. The average Bonchev–Trinajstić information content (AvgIpc) is 3.05. The van der Waals surface area contributed by atoms with Crippen molar-refractivity contribution < 1.29 is 14.3 Å². The van der Waals surface area contributed by atoms with Gasteiger partial charge in [-0.15, -0.1) is 0 Å². The maximum atomic E-state index is 13.0. The number of fused-ring (bicyclic) bond motifs is 1. The molecule has 0 radical (unpaired) electrons. The van der Waals surface area contributed by atoms with E-state index >= 15 is 0 Å². The number of benzene rings is 2. The van der Waals surface area contributed by atoms with Gasteiger partial charge in [-0.1, -0.05) is 48.5 Å². The number of hydrogen-bond donors (Lipinski definition) is 5. The molecule has 11 heteroatoms. The highest BCUT2D eigenvalue weighted by Crippen LogP contribution is 2.24. The molecular weight excluding hydrogens is 474 g/mol. The Morgan fingerprint density at radius 2 is 1.73 bits per heavy atom. The van der Waals surface area contributed by atoms with E-state index in [9.17, 15) is 9.59 Å². The number of H-pyrrole nitrogens is 1. The molecule has 11 nitrogen and oxygen atoms in total. The topological polar surface area (TPSA) is 156 Å². The first-order valence-electron chi connectivity index (χ1n) is 11.7. The number of morpholine rings is 1. The summed E-state index contributed by atoms with van der Waals surface area (Å²) in [5.74, 6) is -0.420. The van der Waals surface area contributed by atoms with Gasteiger partial charge in [-0.25, -0.2) is 4.99 Å². The molecule has 1 aromatic heterocycles. The third-order valence-electron chi connectivity index (χ3n) is 5.94. The lowest BCUT2D eigenvalue weighted by Crippen LogP contribution is -2.44. The standard InChI is InChI=1S/C26H25N7O4/c27-22(18-10-11-20(34)30-24(18)33-12-14-36-15-13-33)37-26(28)32-23-25(35)29-19-9-5-4-8-17(19)21(31-23)16-6-2-1-3-7-16/h1-11,23,27H,12-15H2,(H2,28,32)(H,29,35)(H,30,34)/t23-/m1/s1. The zero-order valence-electron chi connectivity index (χ0n) is 19.8. The molecule has 0 spiro atoms. The van der Waals surface area contributed by atoms with Gasteiger partial charge in [-0.05, 0) is 12.1 Å². The Morgan fingerprint density at radius 3 is 2.51 bits per heavy atom. The van der Waals surface area contributed by atoms with Crippen molar-refractivity contribution in [1.29, 1.82) is 10.8 Å². The fourth-order valence-corrected chi connectivity index (χ4v) is 4.17. The smallest absolute Gasteiger partial charge is 0.290 e. The fraction of sp³-hybridized carbons (Fsp3) is 0.192. The Hall–Kier alpha value is -4.77. The van der Waals surface area contributed by atoms with E-state index in [4.69, 9.17) is 20.3 Å². The molecule has 0 saturated carbocycles. The first-order valence-corrected chi connectivity index (χ1v) is 11.7. The second-order valence-corrected chi connectivity index (χ2v) is 8.37. The van der Waals surface area contributed by atoms with Crippen molar-refractivity contribution >= 4 is 35.0 Å². The number of nitrogens with zero attached hydrogens (tertiary/aromatic N) is 2. The van der Waals surface area contributed by atoms with Gasteiger partial charge in [-0.2, -0.15) is 0 Å². The van der Waals surface area contributed by atoms with Gasteiger partial charge in [0.15, 0.2) is 0 Å². The summed E-state index contributed by atoms with van der Waals surface area (Å²) >= 11 is 0. The van der Waals surface area contributed by atoms with Crippen LogP contribution in [0.5, 0.6) is 0 Å². The summed E-state index contributed by atoms with van der Waals surface area (Å²) in [5.41, 5.74) is 2.72. The van der Waals surface area contributed by atoms with Gasteiger partial charge in [0.05, 0.1) is 30.2 Å². The summed E-state index contributed by atoms with van der Waals surface area (Å²) in [7, 11) is 0. The number of anilines is 2. The minimum absolute atomic E-state index is 0.305. The highest BCUT2D eigenvalue weighted by Gasteiger charge is 2.27. The molecule has 1 amide bonds. The lowest BCUT2D eigenvalue weighted by molar-refractivity contribution is -0.117. The minimum Gasteiger partial charge on any atom is -0.407 e. The number of amidine groups is 1. The van der Waals surface area contributed by atoms with Crippen LogP contribution in [0, 0.1) is 10.8 Å². The van der Waals surface area contributed by atoms with Gasteiger partial charge in [0.1, 0.15) is 5.82 Å². The van der Waals surface area contributed by atoms with E-state index in [2.05, 4.69) is 20.6 Å². The maximum absolute atomic E-state index is 13.0. The summed E-state index contributed by atoms with van der Waals surface area (Å²) in [6, 6.07) is 19.0. The summed E-state index contributed by atoms with van der Waals surface area (Å²) in [5, 5.41) is 22.3. The van der Waals surface area contributed by atoms with Crippen molar-refractivity contribution in [3.8, 4) is 0 Å². The number of ether oxygens (including phenoxy) is 2. The molecule has 5 rings (SSSR count). The van der Waals surface area contributed by atoms with E-state index in [0.717, 1.165) is 11.1 Å². The SMILES string of the molecule is N=C(N[C@H]1N=C(c2ccccc2)c2ccccc2NC1=O)OC(=N)c1ccc(=O)[nH]c1N1CCOCC1. The molecule has 1 fully saturated rings. The number of carbonyl (C=O) groups is 1. The Morgan fingerprint density at radius 1 is 1.00 bits per heavy atom. The van der Waals surface area contributed by atoms with E-state index < -0.39 is 18.1 Å². The number of carbonyl (C=O) groups excluding carboxylic acids is 1. The maximum Gasteiger partial charge on any atom is 0.290 e. The molecule has 0 aliphatic carbocycles. The highest BCUT2D eigenvalue weighted by atomic mass is 16.5. The number of para-hydroxylation sites is 1. The quantitative estimate of drug-likeness (QED) is 0.273. The second kappa shape index (κ2) is 10.5.